The van der Waals surface area contributed by atoms with E-state index in [4.69, 9.17) is 11.5 Å². The van der Waals surface area contributed by atoms with Gasteiger partial charge in [-0.3, -0.25) is 4.79 Å². The number of nitrogens with two attached hydrogens (primary N) is 2. The van der Waals surface area contributed by atoms with Crippen LogP contribution in [-0.2, 0) is 0 Å². The molecule has 0 aliphatic heterocycles. The van der Waals surface area contributed by atoms with Crippen LogP contribution in [0.4, 0.5) is 5.69 Å². The topological polar surface area (TPSA) is 69.1 Å². The van der Waals surface area contributed by atoms with E-state index in [-0.39, 0.29) is 11.8 Å². The third-order valence-electron chi connectivity index (χ3n) is 1.77. The fraction of sp³-hybridized carbons (Fsp3) is 0.300. The molecular formula is C10H14N2O. The van der Waals surface area contributed by atoms with Crippen LogP contribution in [0.25, 0.3) is 0 Å². The van der Waals surface area contributed by atoms with Gasteiger partial charge in [0.1, 0.15) is 0 Å². The Morgan fingerprint density at radius 3 is 2.62 bits per heavy atom. The van der Waals surface area contributed by atoms with Crippen molar-refractivity contribution in [2.24, 2.45) is 5.73 Å². The monoisotopic (exact) mass is 178 g/mol. The Morgan fingerprint density at radius 2 is 2.08 bits per heavy atom. The van der Waals surface area contributed by atoms with Gasteiger partial charge in [0.25, 0.3) is 0 Å². The van der Waals surface area contributed by atoms with E-state index >= 15 is 0 Å². The third-order valence-corrected chi connectivity index (χ3v) is 1.77. The molecule has 1 atom stereocenters. The van der Waals surface area contributed by atoms with E-state index in [9.17, 15) is 4.79 Å². The van der Waals surface area contributed by atoms with Crippen LogP contribution in [0.3, 0.4) is 0 Å². The molecule has 0 amide bonds. The van der Waals surface area contributed by atoms with Crippen molar-refractivity contribution in [2.75, 3.05) is 5.73 Å². The van der Waals surface area contributed by atoms with Gasteiger partial charge in [0.15, 0.2) is 5.78 Å². The van der Waals surface area contributed by atoms with Gasteiger partial charge >= 0.3 is 0 Å². The van der Waals surface area contributed by atoms with Crippen LogP contribution < -0.4 is 11.5 Å². The largest absolute Gasteiger partial charge is 0.398 e. The Morgan fingerprint density at radius 1 is 1.46 bits per heavy atom. The van der Waals surface area contributed by atoms with Gasteiger partial charge in [-0.05, 0) is 19.1 Å². The van der Waals surface area contributed by atoms with E-state index in [1.54, 1.807) is 31.2 Å². The smallest absolute Gasteiger partial charge is 0.166 e. The summed E-state index contributed by atoms with van der Waals surface area (Å²) in [6, 6.07) is 6.92. The first kappa shape index (κ1) is 9.74. The molecule has 3 nitrogen and oxygen atoms in total. The lowest BCUT2D eigenvalue weighted by atomic mass is 10.0. The van der Waals surface area contributed by atoms with Crippen LogP contribution in [0.2, 0.25) is 0 Å². The van der Waals surface area contributed by atoms with Gasteiger partial charge in [0, 0.05) is 23.7 Å². The van der Waals surface area contributed by atoms with E-state index in [1.807, 2.05) is 0 Å². The average Bonchev–Trinajstić information content (AvgIpc) is 2.03. The Bertz CT molecular complexity index is 308. The zero-order valence-corrected chi connectivity index (χ0v) is 7.66. The molecule has 1 aromatic carbocycles. The lowest BCUT2D eigenvalue weighted by Gasteiger charge is -2.06. The molecule has 4 N–H and O–H groups in total. The molecule has 3 heteroatoms. The SMILES string of the molecule is CC(N)CC(=O)c1ccccc1N. The highest BCUT2D eigenvalue weighted by Crippen LogP contribution is 2.13. The number of carbonyl (C=O) groups is 1. The maximum atomic E-state index is 11.5. The summed E-state index contributed by atoms with van der Waals surface area (Å²) in [5.74, 6) is 0.00750. The predicted octanol–water partition coefficient (Wildman–Crippen LogP) is 1.19. The highest BCUT2D eigenvalue weighted by atomic mass is 16.1. The molecule has 0 aliphatic carbocycles. The Balaban J connectivity index is 2.83. The fourth-order valence-electron chi connectivity index (χ4n) is 1.15. The molecule has 0 saturated carbocycles. The van der Waals surface area contributed by atoms with Gasteiger partial charge in [-0.1, -0.05) is 12.1 Å². The lowest BCUT2D eigenvalue weighted by molar-refractivity contribution is 0.0977. The predicted molar refractivity (Wildman–Crippen MR) is 53.5 cm³/mol. The van der Waals surface area contributed by atoms with Gasteiger partial charge in [0.05, 0.1) is 0 Å². The lowest BCUT2D eigenvalue weighted by Crippen LogP contribution is -2.20. The van der Waals surface area contributed by atoms with Gasteiger partial charge in [-0.2, -0.15) is 0 Å². The minimum absolute atomic E-state index is 0.00750. The molecule has 0 saturated heterocycles. The molecule has 1 rings (SSSR count). The molecule has 1 aromatic rings. The average molecular weight is 178 g/mol. The highest BCUT2D eigenvalue weighted by Gasteiger charge is 2.10. The number of ketones is 1. The molecule has 70 valence electrons. The highest BCUT2D eigenvalue weighted by molar-refractivity contribution is 6.00. The standard InChI is InChI=1S/C10H14N2O/c1-7(11)6-10(13)8-4-2-3-5-9(8)12/h2-5,7H,6,11-12H2,1H3. The number of benzene rings is 1. The van der Waals surface area contributed by atoms with Crippen LogP contribution in [0.15, 0.2) is 24.3 Å². The molecule has 1 unspecified atom stereocenters. The fourth-order valence-corrected chi connectivity index (χ4v) is 1.15. The van der Waals surface area contributed by atoms with E-state index in [0.717, 1.165) is 0 Å². The summed E-state index contributed by atoms with van der Waals surface area (Å²) < 4.78 is 0. The molecule has 13 heavy (non-hydrogen) atoms. The molecule has 0 heterocycles. The van der Waals surface area contributed by atoms with E-state index < -0.39 is 0 Å². The molecular weight excluding hydrogens is 164 g/mol. The van der Waals surface area contributed by atoms with Crippen molar-refractivity contribution in [3.05, 3.63) is 29.8 Å². The number of carbonyl (C=O) groups excluding carboxylic acids is 1. The van der Waals surface area contributed by atoms with Crippen LogP contribution in [-0.4, -0.2) is 11.8 Å². The summed E-state index contributed by atoms with van der Waals surface area (Å²) in [5, 5.41) is 0. The summed E-state index contributed by atoms with van der Waals surface area (Å²) in [5.41, 5.74) is 12.2. The number of nitrogen functional groups attached to an aromatic ring is 1. The number of Topliss-reactive ketones (excluding diaryl/α,β-unsaturated/α-hetero) is 1. The Hall–Kier alpha value is -1.35. The first-order valence-corrected chi connectivity index (χ1v) is 4.24. The summed E-state index contributed by atoms with van der Waals surface area (Å²) in [7, 11) is 0. The van der Waals surface area contributed by atoms with Crippen LogP contribution in [0, 0.1) is 0 Å². The van der Waals surface area contributed by atoms with Crippen molar-refractivity contribution in [1.29, 1.82) is 0 Å². The zero-order chi connectivity index (χ0) is 9.84. The summed E-state index contributed by atoms with van der Waals surface area (Å²) in [6.45, 7) is 1.80. The number of anilines is 1. The Kier molecular flexibility index (Phi) is 3.03. The molecule has 0 aromatic heterocycles. The number of hydrogen-bond donors (Lipinski definition) is 2. The van der Waals surface area contributed by atoms with E-state index in [1.165, 1.54) is 0 Å². The second-order valence-corrected chi connectivity index (χ2v) is 3.19. The number of rotatable bonds is 3. The van der Waals surface area contributed by atoms with Crippen molar-refractivity contribution < 1.29 is 4.79 Å². The number of hydrogen-bond acceptors (Lipinski definition) is 3. The second kappa shape index (κ2) is 4.05. The summed E-state index contributed by atoms with van der Waals surface area (Å²) in [6.07, 6.45) is 0.341. The van der Waals surface area contributed by atoms with Gasteiger partial charge in [-0.15, -0.1) is 0 Å². The van der Waals surface area contributed by atoms with Crippen LogP contribution >= 0.6 is 0 Å². The molecule has 0 spiro atoms. The first-order chi connectivity index (χ1) is 6.11. The first-order valence-electron chi connectivity index (χ1n) is 4.24. The zero-order valence-electron chi connectivity index (χ0n) is 7.66. The quantitative estimate of drug-likeness (QED) is 0.539. The maximum absolute atomic E-state index is 11.5. The normalized spacial score (nSPS) is 12.5. The molecule has 0 aliphatic rings. The van der Waals surface area contributed by atoms with E-state index in [2.05, 4.69) is 0 Å². The van der Waals surface area contributed by atoms with Crippen molar-refractivity contribution in [2.45, 2.75) is 19.4 Å². The molecule has 0 radical (unpaired) electrons. The van der Waals surface area contributed by atoms with Crippen molar-refractivity contribution >= 4 is 11.5 Å². The van der Waals surface area contributed by atoms with E-state index in [0.29, 0.717) is 17.7 Å². The molecule has 0 fully saturated rings. The van der Waals surface area contributed by atoms with Crippen molar-refractivity contribution in [3.63, 3.8) is 0 Å². The Labute approximate surface area is 77.7 Å². The minimum Gasteiger partial charge on any atom is -0.398 e. The number of para-hydroxylation sites is 1. The van der Waals surface area contributed by atoms with Gasteiger partial charge < -0.3 is 11.5 Å². The molecule has 0 bridgehead atoms. The summed E-state index contributed by atoms with van der Waals surface area (Å²) >= 11 is 0. The maximum Gasteiger partial charge on any atom is 0.166 e. The van der Waals surface area contributed by atoms with Crippen molar-refractivity contribution in [1.82, 2.24) is 0 Å². The minimum atomic E-state index is -0.118. The van der Waals surface area contributed by atoms with Crippen LogP contribution in [0.1, 0.15) is 23.7 Å². The van der Waals surface area contributed by atoms with Crippen LogP contribution in [0.5, 0.6) is 0 Å². The van der Waals surface area contributed by atoms with Crippen molar-refractivity contribution in [3.8, 4) is 0 Å². The third kappa shape index (κ3) is 2.56. The van der Waals surface area contributed by atoms with Gasteiger partial charge in [-0.25, -0.2) is 0 Å². The van der Waals surface area contributed by atoms with Gasteiger partial charge in [0.2, 0.25) is 0 Å². The second-order valence-electron chi connectivity index (χ2n) is 3.19. The summed E-state index contributed by atoms with van der Waals surface area (Å²) in [4.78, 5) is 11.5.